The number of methoxy groups -OCH3 is 1. The van der Waals surface area contributed by atoms with Crippen LogP contribution in [0.25, 0.3) is 11.4 Å². The second kappa shape index (κ2) is 9.21. The van der Waals surface area contributed by atoms with Gasteiger partial charge in [-0.3, -0.25) is 4.79 Å². The van der Waals surface area contributed by atoms with Crippen molar-refractivity contribution in [2.75, 3.05) is 19.5 Å². The van der Waals surface area contributed by atoms with Crippen molar-refractivity contribution in [3.8, 4) is 11.4 Å². The van der Waals surface area contributed by atoms with Crippen LogP contribution in [0.3, 0.4) is 0 Å². The summed E-state index contributed by atoms with van der Waals surface area (Å²) < 4.78 is 12.6. The molecule has 2 heterocycles. The first kappa shape index (κ1) is 19.7. The molecule has 8 heteroatoms. The number of halogens is 1. The summed E-state index contributed by atoms with van der Waals surface area (Å²) in [5.74, 6) is 1.81. The van der Waals surface area contributed by atoms with E-state index in [1.54, 1.807) is 37.6 Å². The fourth-order valence-corrected chi connectivity index (χ4v) is 3.61. The minimum atomic E-state index is 0.0177. The van der Waals surface area contributed by atoms with E-state index in [0.29, 0.717) is 28.9 Å². The van der Waals surface area contributed by atoms with Crippen molar-refractivity contribution in [3.63, 3.8) is 0 Å². The van der Waals surface area contributed by atoms with E-state index in [0.717, 1.165) is 23.6 Å². The van der Waals surface area contributed by atoms with Gasteiger partial charge >= 0.3 is 0 Å². The zero-order valence-corrected chi connectivity index (χ0v) is 16.7. The van der Waals surface area contributed by atoms with E-state index in [1.807, 2.05) is 17.6 Å². The van der Waals surface area contributed by atoms with Crippen LogP contribution in [0.4, 0.5) is 0 Å². The zero-order chi connectivity index (χ0) is 19.2. The lowest BCUT2D eigenvalue weighted by Crippen LogP contribution is -2.07. The summed E-state index contributed by atoms with van der Waals surface area (Å²) in [5, 5.41) is 9.92. The minimum absolute atomic E-state index is 0.0177. The lowest BCUT2D eigenvalue weighted by molar-refractivity contribution is 0.102. The molecule has 0 bridgehead atoms. The van der Waals surface area contributed by atoms with Crippen molar-refractivity contribution < 1.29 is 13.9 Å². The number of furan rings is 1. The monoisotopic (exact) mass is 405 g/mol. The second-order valence-corrected chi connectivity index (χ2v) is 7.29. The Balaban J connectivity index is 1.77. The summed E-state index contributed by atoms with van der Waals surface area (Å²) >= 11 is 7.25. The first-order valence-corrected chi connectivity index (χ1v) is 9.84. The Morgan fingerprint density at radius 2 is 2.04 bits per heavy atom. The molecule has 27 heavy (non-hydrogen) atoms. The largest absolute Gasteiger partial charge is 0.469 e. The summed E-state index contributed by atoms with van der Waals surface area (Å²) in [4.78, 5) is 12.4. The van der Waals surface area contributed by atoms with Gasteiger partial charge in [-0.1, -0.05) is 23.4 Å². The average Bonchev–Trinajstić information content (AvgIpc) is 3.26. The number of aryl methyl sites for hydroxylation is 1. The van der Waals surface area contributed by atoms with Crippen LogP contribution in [0.1, 0.15) is 22.5 Å². The van der Waals surface area contributed by atoms with Crippen LogP contribution in [-0.2, 0) is 11.3 Å². The van der Waals surface area contributed by atoms with Crippen LogP contribution in [0.5, 0.6) is 0 Å². The molecule has 0 spiro atoms. The number of hydrogen-bond acceptors (Lipinski definition) is 6. The highest BCUT2D eigenvalue weighted by atomic mass is 35.5. The van der Waals surface area contributed by atoms with Gasteiger partial charge in [-0.25, -0.2) is 0 Å². The van der Waals surface area contributed by atoms with Crippen molar-refractivity contribution in [2.24, 2.45) is 0 Å². The molecule has 0 fully saturated rings. The van der Waals surface area contributed by atoms with Gasteiger partial charge in [-0.05, 0) is 43.7 Å². The molecule has 3 rings (SSSR count). The highest BCUT2D eigenvalue weighted by Gasteiger charge is 2.18. The SMILES string of the molecule is COCCCn1c(SCC(=O)c2ccc(Cl)cc2)nnc1-c1ccoc1C. The summed E-state index contributed by atoms with van der Waals surface area (Å²) in [6.45, 7) is 3.22. The van der Waals surface area contributed by atoms with E-state index >= 15 is 0 Å². The fraction of sp³-hybridized carbons (Fsp3) is 0.316. The van der Waals surface area contributed by atoms with Crippen molar-refractivity contribution in [3.05, 3.63) is 52.9 Å². The summed E-state index contributed by atoms with van der Waals surface area (Å²) in [5.41, 5.74) is 1.53. The maximum atomic E-state index is 12.4. The number of carbonyl (C=O) groups is 1. The van der Waals surface area contributed by atoms with Gasteiger partial charge in [-0.2, -0.15) is 0 Å². The molecule has 0 atom stereocenters. The predicted octanol–water partition coefficient (Wildman–Crippen LogP) is 4.51. The van der Waals surface area contributed by atoms with E-state index in [2.05, 4.69) is 10.2 Å². The van der Waals surface area contributed by atoms with Gasteiger partial charge in [0.15, 0.2) is 16.8 Å². The predicted molar refractivity (Wildman–Crippen MR) is 105 cm³/mol. The Morgan fingerprint density at radius 3 is 2.70 bits per heavy atom. The van der Waals surface area contributed by atoms with Gasteiger partial charge in [-0.15, -0.1) is 10.2 Å². The topological polar surface area (TPSA) is 70.2 Å². The lowest BCUT2D eigenvalue weighted by atomic mass is 10.1. The van der Waals surface area contributed by atoms with Crippen LogP contribution >= 0.6 is 23.4 Å². The second-order valence-electron chi connectivity index (χ2n) is 5.91. The molecule has 142 valence electrons. The smallest absolute Gasteiger partial charge is 0.191 e. The van der Waals surface area contributed by atoms with Crippen LogP contribution < -0.4 is 0 Å². The zero-order valence-electron chi connectivity index (χ0n) is 15.1. The van der Waals surface area contributed by atoms with Gasteiger partial charge in [0.05, 0.1) is 17.6 Å². The lowest BCUT2D eigenvalue weighted by Gasteiger charge is -2.09. The number of Topliss-reactive ketones (excluding diaryl/α,β-unsaturated/α-hetero) is 1. The molecule has 0 N–H and O–H groups in total. The maximum absolute atomic E-state index is 12.4. The molecular weight excluding hydrogens is 386 g/mol. The molecule has 1 aromatic carbocycles. The molecule has 0 radical (unpaired) electrons. The molecular formula is C19H20ClN3O3S. The normalized spacial score (nSPS) is 11.1. The van der Waals surface area contributed by atoms with E-state index in [9.17, 15) is 4.79 Å². The Kier molecular flexibility index (Phi) is 6.71. The highest BCUT2D eigenvalue weighted by Crippen LogP contribution is 2.27. The van der Waals surface area contributed by atoms with Gasteiger partial charge in [0, 0.05) is 30.8 Å². The number of ether oxygens (including phenoxy) is 1. The molecule has 0 aliphatic heterocycles. The molecule has 3 aromatic rings. The van der Waals surface area contributed by atoms with Gasteiger partial charge in [0.25, 0.3) is 0 Å². The molecule has 0 saturated carbocycles. The average molecular weight is 406 g/mol. The van der Waals surface area contributed by atoms with E-state index in [4.69, 9.17) is 20.8 Å². The Hall–Kier alpha value is -2.09. The van der Waals surface area contributed by atoms with Crippen LogP contribution in [0.15, 0.2) is 46.2 Å². The summed E-state index contributed by atoms with van der Waals surface area (Å²) in [6.07, 6.45) is 2.45. The Bertz CT molecular complexity index is 905. The molecule has 0 amide bonds. The molecule has 0 saturated heterocycles. The number of thioether (sulfide) groups is 1. The molecule has 0 aliphatic carbocycles. The molecule has 2 aromatic heterocycles. The number of nitrogens with zero attached hydrogens (tertiary/aromatic N) is 3. The van der Waals surface area contributed by atoms with Crippen LogP contribution in [0, 0.1) is 6.92 Å². The highest BCUT2D eigenvalue weighted by molar-refractivity contribution is 7.99. The Morgan fingerprint density at radius 1 is 1.26 bits per heavy atom. The number of benzene rings is 1. The first-order valence-electron chi connectivity index (χ1n) is 8.48. The summed E-state index contributed by atoms with van der Waals surface area (Å²) in [6, 6.07) is 8.77. The quantitative estimate of drug-likeness (QED) is 0.296. The first-order chi connectivity index (χ1) is 13.1. The summed E-state index contributed by atoms with van der Waals surface area (Å²) in [7, 11) is 1.67. The standard InChI is InChI=1S/C19H20ClN3O3S/c1-13-16(8-11-26-13)18-21-22-19(23(18)9-3-10-25-2)27-12-17(24)14-4-6-15(20)7-5-14/h4-8,11H,3,9-10,12H2,1-2H3. The number of rotatable bonds is 9. The maximum Gasteiger partial charge on any atom is 0.191 e. The number of carbonyl (C=O) groups excluding carboxylic acids is 1. The third-order valence-corrected chi connectivity index (χ3v) is 5.26. The van der Waals surface area contributed by atoms with E-state index in [-0.39, 0.29) is 11.5 Å². The van der Waals surface area contributed by atoms with Crippen LogP contribution in [-0.4, -0.2) is 40.0 Å². The number of hydrogen-bond donors (Lipinski definition) is 0. The van der Waals surface area contributed by atoms with E-state index < -0.39 is 0 Å². The minimum Gasteiger partial charge on any atom is -0.469 e. The molecule has 6 nitrogen and oxygen atoms in total. The van der Waals surface area contributed by atoms with Crippen molar-refractivity contribution in [1.29, 1.82) is 0 Å². The van der Waals surface area contributed by atoms with Crippen LogP contribution in [0.2, 0.25) is 5.02 Å². The van der Waals surface area contributed by atoms with Gasteiger partial charge in [0.1, 0.15) is 5.76 Å². The number of ketones is 1. The van der Waals surface area contributed by atoms with Crippen molar-refractivity contribution >= 4 is 29.1 Å². The van der Waals surface area contributed by atoms with Gasteiger partial charge in [0.2, 0.25) is 0 Å². The van der Waals surface area contributed by atoms with Crippen molar-refractivity contribution in [2.45, 2.75) is 25.0 Å². The number of aromatic nitrogens is 3. The fourth-order valence-electron chi connectivity index (χ4n) is 2.63. The molecule has 0 aliphatic rings. The van der Waals surface area contributed by atoms with Crippen molar-refractivity contribution in [1.82, 2.24) is 14.8 Å². The third kappa shape index (κ3) is 4.80. The van der Waals surface area contributed by atoms with E-state index in [1.165, 1.54) is 11.8 Å². The third-order valence-electron chi connectivity index (χ3n) is 4.05. The molecule has 0 unspecified atom stereocenters. The Labute approximate surface area is 166 Å². The van der Waals surface area contributed by atoms with Gasteiger partial charge < -0.3 is 13.7 Å².